The van der Waals surface area contributed by atoms with Gasteiger partial charge in [-0.3, -0.25) is 9.36 Å². The Balaban J connectivity index is 1.40. The summed E-state index contributed by atoms with van der Waals surface area (Å²) in [5.41, 5.74) is 8.70. The van der Waals surface area contributed by atoms with Crippen molar-refractivity contribution in [2.75, 3.05) is 10.6 Å². The highest BCUT2D eigenvalue weighted by Crippen LogP contribution is 2.21. The molecule has 2 aromatic carbocycles. The largest absolute Gasteiger partial charge is 0.330 e. The molecule has 0 fully saturated rings. The topological polar surface area (TPSA) is 59.7 Å². The van der Waals surface area contributed by atoms with E-state index in [0.29, 0.717) is 5.11 Å². The molecule has 6 nitrogen and oxygen atoms in total. The minimum absolute atomic E-state index is 0.515. The second-order valence-corrected chi connectivity index (χ2v) is 8.53. The number of aryl methyl sites for hydroxylation is 3. The molecule has 164 valence electrons. The number of benzene rings is 2. The van der Waals surface area contributed by atoms with Gasteiger partial charge in [-0.1, -0.05) is 54.1 Å². The second kappa shape index (κ2) is 9.36. The van der Waals surface area contributed by atoms with Gasteiger partial charge in [0, 0.05) is 6.20 Å². The molecular formula is C25H28N6S. The van der Waals surface area contributed by atoms with Crippen LogP contribution in [0.15, 0.2) is 60.9 Å². The van der Waals surface area contributed by atoms with E-state index in [1.807, 2.05) is 34.6 Å². The molecule has 0 aliphatic carbocycles. The number of rotatable bonds is 6. The maximum absolute atomic E-state index is 5.55. The van der Waals surface area contributed by atoms with Crippen molar-refractivity contribution in [3.63, 3.8) is 0 Å². The molecule has 4 rings (SSSR count). The third-order valence-corrected chi connectivity index (χ3v) is 5.76. The lowest BCUT2D eigenvalue weighted by molar-refractivity contribution is 0.659. The van der Waals surface area contributed by atoms with Crippen molar-refractivity contribution >= 4 is 28.7 Å². The summed E-state index contributed by atoms with van der Waals surface area (Å²) in [6.07, 6.45) is 3.74. The molecule has 0 bridgehead atoms. The van der Waals surface area contributed by atoms with E-state index in [9.17, 15) is 0 Å². The van der Waals surface area contributed by atoms with E-state index in [1.165, 1.54) is 22.3 Å². The summed E-state index contributed by atoms with van der Waals surface area (Å²) < 4.78 is 3.91. The summed E-state index contributed by atoms with van der Waals surface area (Å²) in [4.78, 5) is 0. The van der Waals surface area contributed by atoms with Crippen molar-refractivity contribution in [2.45, 2.75) is 40.8 Å². The fraction of sp³-hybridized carbons (Fsp3) is 0.240. The third-order valence-electron chi connectivity index (χ3n) is 5.56. The van der Waals surface area contributed by atoms with E-state index < -0.39 is 0 Å². The predicted molar refractivity (Wildman–Crippen MR) is 134 cm³/mol. The van der Waals surface area contributed by atoms with Gasteiger partial charge in [0.25, 0.3) is 0 Å². The molecule has 32 heavy (non-hydrogen) atoms. The molecule has 2 heterocycles. The lowest BCUT2D eigenvalue weighted by Crippen LogP contribution is -2.19. The Bertz CT molecular complexity index is 1240. The Morgan fingerprint density at radius 1 is 0.938 bits per heavy atom. The van der Waals surface area contributed by atoms with Gasteiger partial charge in [-0.2, -0.15) is 10.2 Å². The smallest absolute Gasteiger partial charge is 0.175 e. The zero-order valence-corrected chi connectivity index (χ0v) is 19.7. The van der Waals surface area contributed by atoms with E-state index in [1.54, 1.807) is 6.20 Å². The number of hydrogen-bond donors (Lipinski definition) is 2. The Morgan fingerprint density at radius 3 is 2.44 bits per heavy atom. The van der Waals surface area contributed by atoms with Crippen molar-refractivity contribution in [3.8, 4) is 0 Å². The highest BCUT2D eigenvalue weighted by atomic mass is 32.1. The molecule has 0 radical (unpaired) electrons. The monoisotopic (exact) mass is 444 g/mol. The van der Waals surface area contributed by atoms with Crippen molar-refractivity contribution < 1.29 is 0 Å². The summed E-state index contributed by atoms with van der Waals surface area (Å²) in [7, 11) is 0. The van der Waals surface area contributed by atoms with Crippen LogP contribution in [0.3, 0.4) is 0 Å². The maximum Gasteiger partial charge on any atom is 0.175 e. The van der Waals surface area contributed by atoms with Crippen molar-refractivity contribution in [1.82, 2.24) is 19.6 Å². The molecule has 2 N–H and O–H groups in total. The summed E-state index contributed by atoms with van der Waals surface area (Å²) in [6, 6.07) is 16.9. The lowest BCUT2D eigenvalue weighted by Gasteiger charge is -2.10. The minimum Gasteiger partial charge on any atom is -0.330 e. The number of anilines is 2. The Kier molecular flexibility index (Phi) is 6.37. The first-order valence-electron chi connectivity index (χ1n) is 10.6. The van der Waals surface area contributed by atoms with Crippen molar-refractivity contribution in [2.24, 2.45) is 0 Å². The van der Waals surface area contributed by atoms with Gasteiger partial charge >= 0.3 is 0 Å². The van der Waals surface area contributed by atoms with Gasteiger partial charge in [-0.05, 0) is 56.6 Å². The van der Waals surface area contributed by atoms with Gasteiger partial charge in [0.15, 0.2) is 5.11 Å². The fourth-order valence-electron chi connectivity index (χ4n) is 3.65. The molecule has 0 atom stereocenters. The molecule has 0 saturated heterocycles. The Morgan fingerprint density at radius 2 is 1.69 bits per heavy atom. The summed E-state index contributed by atoms with van der Waals surface area (Å²) in [6.45, 7) is 9.69. The quantitative estimate of drug-likeness (QED) is 0.399. The lowest BCUT2D eigenvalue weighted by atomic mass is 10.1. The van der Waals surface area contributed by atoms with E-state index in [0.717, 1.165) is 35.9 Å². The van der Waals surface area contributed by atoms with Crippen molar-refractivity contribution in [1.29, 1.82) is 0 Å². The van der Waals surface area contributed by atoms with E-state index in [2.05, 4.69) is 72.9 Å². The first-order chi connectivity index (χ1) is 15.4. The van der Waals surface area contributed by atoms with E-state index in [4.69, 9.17) is 17.3 Å². The summed E-state index contributed by atoms with van der Waals surface area (Å²) >= 11 is 5.55. The van der Waals surface area contributed by atoms with Crippen LogP contribution in [-0.4, -0.2) is 24.7 Å². The van der Waals surface area contributed by atoms with Gasteiger partial charge in [0.05, 0.1) is 42.0 Å². The zero-order chi connectivity index (χ0) is 22.7. The molecular weight excluding hydrogens is 416 g/mol. The van der Waals surface area contributed by atoms with Gasteiger partial charge in [0.2, 0.25) is 0 Å². The first kappa shape index (κ1) is 21.8. The Hall–Kier alpha value is -3.45. The maximum atomic E-state index is 5.55. The third kappa shape index (κ3) is 5.06. The molecule has 0 aliphatic rings. The zero-order valence-electron chi connectivity index (χ0n) is 18.9. The van der Waals surface area contributed by atoms with Gasteiger partial charge in [-0.15, -0.1) is 0 Å². The van der Waals surface area contributed by atoms with Gasteiger partial charge in [-0.25, -0.2) is 0 Å². The molecule has 2 aromatic heterocycles. The average Bonchev–Trinajstić information content (AvgIpc) is 3.30. The van der Waals surface area contributed by atoms with Gasteiger partial charge < -0.3 is 10.6 Å². The predicted octanol–water partition coefficient (Wildman–Crippen LogP) is 5.22. The number of thiocarbonyl (C=S) groups is 1. The van der Waals surface area contributed by atoms with E-state index >= 15 is 0 Å². The van der Waals surface area contributed by atoms with Crippen LogP contribution in [0.2, 0.25) is 0 Å². The highest BCUT2D eigenvalue weighted by Gasteiger charge is 2.13. The van der Waals surface area contributed by atoms with Crippen LogP contribution in [0.4, 0.5) is 11.4 Å². The average molecular weight is 445 g/mol. The van der Waals surface area contributed by atoms with Crippen LogP contribution in [0.1, 0.15) is 33.6 Å². The molecule has 0 spiro atoms. The molecule has 0 saturated carbocycles. The number of aromatic nitrogens is 4. The fourth-order valence-corrected chi connectivity index (χ4v) is 3.87. The van der Waals surface area contributed by atoms with Crippen molar-refractivity contribution in [3.05, 3.63) is 94.6 Å². The standard InChI is InChI=1S/C25H28N6S/c1-17-9-11-21(12-10-17)14-31-20(4)24(19(3)29-31)28-25(32)27-23-13-26-30(16-23)15-22-8-6-5-7-18(22)2/h5-13,16H,14-15H2,1-4H3,(H2,27,28,32). The molecule has 0 unspecified atom stereocenters. The SMILES string of the molecule is Cc1ccc(Cn2nc(C)c(NC(=S)Nc3cnn(Cc4ccccc4C)c3)c2C)cc1. The summed E-state index contributed by atoms with van der Waals surface area (Å²) in [5, 5.41) is 16.2. The number of hydrogen-bond acceptors (Lipinski definition) is 3. The molecule has 0 amide bonds. The van der Waals surface area contributed by atoms with Crippen LogP contribution in [0.5, 0.6) is 0 Å². The molecule has 4 aromatic rings. The van der Waals surface area contributed by atoms with Crippen LogP contribution >= 0.6 is 12.2 Å². The number of nitrogens with one attached hydrogen (secondary N) is 2. The van der Waals surface area contributed by atoms with Crippen LogP contribution < -0.4 is 10.6 Å². The molecule has 0 aliphatic heterocycles. The number of nitrogens with zero attached hydrogens (tertiary/aromatic N) is 4. The first-order valence-corrected chi connectivity index (χ1v) is 11.0. The Labute approximate surface area is 194 Å². The highest BCUT2D eigenvalue weighted by molar-refractivity contribution is 7.80. The minimum atomic E-state index is 0.515. The van der Waals surface area contributed by atoms with Crippen LogP contribution in [-0.2, 0) is 13.1 Å². The van der Waals surface area contributed by atoms with Crippen LogP contribution in [0.25, 0.3) is 0 Å². The second-order valence-electron chi connectivity index (χ2n) is 8.12. The van der Waals surface area contributed by atoms with E-state index in [-0.39, 0.29) is 0 Å². The van der Waals surface area contributed by atoms with Crippen LogP contribution in [0, 0.1) is 27.7 Å². The summed E-state index contributed by atoms with van der Waals surface area (Å²) in [5.74, 6) is 0. The van der Waals surface area contributed by atoms with Gasteiger partial charge in [0.1, 0.15) is 0 Å². The normalized spacial score (nSPS) is 10.9. The molecule has 7 heteroatoms.